The maximum Gasteiger partial charge on any atom is 0.326 e. The number of rotatable bonds is 5. The summed E-state index contributed by atoms with van der Waals surface area (Å²) < 4.78 is 13.3. The number of pyridine rings is 1. The summed E-state index contributed by atoms with van der Waals surface area (Å²) in [5, 5.41) is 12.0. The molecule has 7 heteroatoms. The second kappa shape index (κ2) is 6.60. The number of nitrogens with one attached hydrogen (secondary N) is 2. The number of carbonyl (C=O) groups is 2. The Hall–Kier alpha value is -2.70. The van der Waals surface area contributed by atoms with E-state index in [1.165, 1.54) is 12.1 Å². The van der Waals surface area contributed by atoms with Crippen molar-refractivity contribution >= 4 is 22.8 Å². The van der Waals surface area contributed by atoms with Gasteiger partial charge in [-0.15, -0.1) is 0 Å². The van der Waals surface area contributed by atoms with Crippen molar-refractivity contribution in [3.63, 3.8) is 0 Å². The van der Waals surface area contributed by atoms with E-state index >= 15 is 0 Å². The molecule has 2 atom stereocenters. The number of carboxylic acids is 1. The van der Waals surface area contributed by atoms with Gasteiger partial charge in [0.2, 0.25) is 5.56 Å². The smallest absolute Gasteiger partial charge is 0.326 e. The Morgan fingerprint density at radius 2 is 2.04 bits per heavy atom. The van der Waals surface area contributed by atoms with Crippen molar-refractivity contribution in [1.82, 2.24) is 10.3 Å². The fourth-order valence-corrected chi connectivity index (χ4v) is 2.32. The first-order chi connectivity index (χ1) is 10.8. The van der Waals surface area contributed by atoms with Crippen LogP contribution in [0.5, 0.6) is 0 Å². The number of hydrogen-bond acceptors (Lipinski definition) is 3. The average Bonchev–Trinajstić information content (AvgIpc) is 2.49. The van der Waals surface area contributed by atoms with E-state index in [9.17, 15) is 23.9 Å². The molecule has 1 aromatic carbocycles. The quantitative estimate of drug-likeness (QED) is 0.783. The Morgan fingerprint density at radius 3 is 2.65 bits per heavy atom. The number of aromatic nitrogens is 1. The molecule has 0 fully saturated rings. The highest BCUT2D eigenvalue weighted by Gasteiger charge is 2.26. The average molecular weight is 320 g/mol. The highest BCUT2D eigenvalue weighted by atomic mass is 19.1. The largest absolute Gasteiger partial charge is 0.480 e. The van der Waals surface area contributed by atoms with Gasteiger partial charge in [-0.2, -0.15) is 0 Å². The lowest BCUT2D eigenvalue weighted by Gasteiger charge is -2.20. The third kappa shape index (κ3) is 3.56. The van der Waals surface area contributed by atoms with E-state index in [2.05, 4.69) is 10.3 Å². The number of halogens is 1. The van der Waals surface area contributed by atoms with Crippen LogP contribution >= 0.6 is 0 Å². The van der Waals surface area contributed by atoms with E-state index in [0.717, 1.165) is 12.1 Å². The summed E-state index contributed by atoms with van der Waals surface area (Å²) in [4.78, 5) is 37.8. The van der Waals surface area contributed by atoms with Gasteiger partial charge < -0.3 is 15.4 Å². The number of aromatic amines is 1. The first kappa shape index (κ1) is 16.7. The van der Waals surface area contributed by atoms with E-state index < -0.39 is 29.3 Å². The van der Waals surface area contributed by atoms with E-state index in [1.807, 2.05) is 6.92 Å². The summed E-state index contributed by atoms with van der Waals surface area (Å²) in [6.07, 6.45) is 0.568. The van der Waals surface area contributed by atoms with Crippen LogP contribution in [0.1, 0.15) is 30.6 Å². The lowest BCUT2D eigenvalue weighted by atomic mass is 9.98. The van der Waals surface area contributed by atoms with Crippen LogP contribution in [-0.4, -0.2) is 28.0 Å². The van der Waals surface area contributed by atoms with Gasteiger partial charge in [-0.05, 0) is 24.1 Å². The van der Waals surface area contributed by atoms with Crippen LogP contribution in [-0.2, 0) is 4.79 Å². The van der Waals surface area contributed by atoms with E-state index in [0.29, 0.717) is 11.8 Å². The molecule has 0 saturated heterocycles. The number of aliphatic carboxylic acids is 1. The number of carboxylic acid groups (broad SMARTS) is 1. The van der Waals surface area contributed by atoms with Gasteiger partial charge in [0.15, 0.2) is 0 Å². The minimum Gasteiger partial charge on any atom is -0.480 e. The molecule has 1 aromatic heterocycles. The molecular formula is C16H17FN2O4. The van der Waals surface area contributed by atoms with Crippen LogP contribution in [0.15, 0.2) is 29.1 Å². The molecule has 2 aromatic rings. The number of H-pyrrole nitrogens is 1. The van der Waals surface area contributed by atoms with Crippen LogP contribution in [0.25, 0.3) is 10.9 Å². The lowest BCUT2D eigenvalue weighted by molar-refractivity contribution is -0.140. The summed E-state index contributed by atoms with van der Waals surface area (Å²) in [6, 6.07) is 3.65. The highest BCUT2D eigenvalue weighted by Crippen LogP contribution is 2.17. The lowest BCUT2D eigenvalue weighted by Crippen LogP contribution is -2.45. The molecule has 0 aliphatic carbocycles. The predicted octanol–water partition coefficient (Wildman–Crippen LogP) is 1.90. The monoisotopic (exact) mass is 320 g/mol. The van der Waals surface area contributed by atoms with Crippen LogP contribution < -0.4 is 10.9 Å². The molecule has 3 N–H and O–H groups in total. The van der Waals surface area contributed by atoms with Gasteiger partial charge in [0.25, 0.3) is 5.91 Å². The van der Waals surface area contributed by atoms with E-state index in [1.54, 1.807) is 6.92 Å². The van der Waals surface area contributed by atoms with Crippen LogP contribution in [0.3, 0.4) is 0 Å². The molecule has 0 aliphatic rings. The Balaban J connectivity index is 2.45. The van der Waals surface area contributed by atoms with Crippen LogP contribution in [0.2, 0.25) is 0 Å². The number of carbonyl (C=O) groups excluding carboxylic acids is 1. The summed E-state index contributed by atoms with van der Waals surface area (Å²) in [7, 11) is 0. The second-order valence-corrected chi connectivity index (χ2v) is 5.41. The molecule has 2 rings (SSSR count). The summed E-state index contributed by atoms with van der Waals surface area (Å²) in [6.45, 7) is 3.53. The molecular weight excluding hydrogens is 303 g/mol. The maximum absolute atomic E-state index is 13.3. The third-order valence-corrected chi connectivity index (χ3v) is 3.82. The van der Waals surface area contributed by atoms with Crippen molar-refractivity contribution in [3.05, 3.63) is 46.0 Å². The van der Waals surface area contributed by atoms with E-state index in [-0.39, 0.29) is 17.0 Å². The third-order valence-electron chi connectivity index (χ3n) is 3.82. The van der Waals surface area contributed by atoms with Crippen LogP contribution in [0.4, 0.5) is 4.39 Å². The van der Waals surface area contributed by atoms with Gasteiger partial charge in [-0.25, -0.2) is 9.18 Å². The van der Waals surface area contributed by atoms with Gasteiger partial charge in [0.05, 0.1) is 11.1 Å². The zero-order chi connectivity index (χ0) is 17.1. The van der Waals surface area contributed by atoms with Crippen molar-refractivity contribution in [2.45, 2.75) is 26.3 Å². The van der Waals surface area contributed by atoms with Gasteiger partial charge in [0, 0.05) is 11.5 Å². The van der Waals surface area contributed by atoms with Crippen LogP contribution in [0, 0.1) is 11.7 Å². The number of amides is 1. The summed E-state index contributed by atoms with van der Waals surface area (Å²) >= 11 is 0. The molecule has 1 amide bonds. The fourth-order valence-electron chi connectivity index (χ4n) is 2.32. The van der Waals surface area contributed by atoms with Crippen molar-refractivity contribution in [3.8, 4) is 0 Å². The second-order valence-electron chi connectivity index (χ2n) is 5.41. The normalized spacial score (nSPS) is 13.5. The molecule has 1 heterocycles. The van der Waals surface area contributed by atoms with Gasteiger partial charge in [0.1, 0.15) is 11.9 Å². The van der Waals surface area contributed by atoms with Crippen molar-refractivity contribution in [1.29, 1.82) is 0 Å². The molecule has 0 bridgehead atoms. The standard InChI is InChI=1S/C16H17FN2O4/c1-3-8(2)14(16(22)23)19-15(21)11-7-13(20)18-12-6-9(17)4-5-10(11)12/h4-8,14H,3H2,1-2H3,(H,18,20)(H,19,21)(H,22,23)/t8-,14-/m0/s1. The fraction of sp³-hybridized carbons (Fsp3) is 0.312. The molecule has 6 nitrogen and oxygen atoms in total. The van der Waals surface area contributed by atoms with Gasteiger partial charge in [-0.3, -0.25) is 9.59 Å². The Morgan fingerprint density at radius 1 is 1.35 bits per heavy atom. The Kier molecular flexibility index (Phi) is 4.78. The maximum atomic E-state index is 13.3. The number of benzene rings is 1. The SMILES string of the molecule is CC[C@H](C)[C@H](NC(=O)c1cc(=O)[nH]c2cc(F)ccc12)C(=O)O. The predicted molar refractivity (Wildman–Crippen MR) is 82.9 cm³/mol. The minimum atomic E-state index is -1.15. The molecule has 122 valence electrons. The highest BCUT2D eigenvalue weighted by molar-refractivity contribution is 6.06. The number of fused-ring (bicyclic) bond motifs is 1. The van der Waals surface area contributed by atoms with Gasteiger partial charge >= 0.3 is 5.97 Å². The summed E-state index contributed by atoms with van der Waals surface area (Å²) in [5.74, 6) is -2.65. The summed E-state index contributed by atoms with van der Waals surface area (Å²) in [5.41, 5.74) is -0.375. The van der Waals surface area contributed by atoms with Crippen molar-refractivity contribution in [2.24, 2.45) is 5.92 Å². The zero-order valence-electron chi connectivity index (χ0n) is 12.7. The molecule has 0 spiro atoms. The Labute approximate surface area is 131 Å². The van der Waals surface area contributed by atoms with E-state index in [4.69, 9.17) is 0 Å². The van der Waals surface area contributed by atoms with Crippen molar-refractivity contribution in [2.75, 3.05) is 0 Å². The minimum absolute atomic E-state index is 0.0123. The Bertz CT molecular complexity index is 815. The molecule has 0 radical (unpaired) electrons. The molecule has 0 unspecified atom stereocenters. The first-order valence-electron chi connectivity index (χ1n) is 7.19. The topological polar surface area (TPSA) is 99.3 Å². The molecule has 0 aliphatic heterocycles. The van der Waals surface area contributed by atoms with Gasteiger partial charge in [-0.1, -0.05) is 20.3 Å². The number of hydrogen-bond donors (Lipinski definition) is 3. The molecule has 0 saturated carbocycles. The molecule has 23 heavy (non-hydrogen) atoms. The van der Waals surface area contributed by atoms with Crippen molar-refractivity contribution < 1.29 is 19.1 Å². The first-order valence-corrected chi connectivity index (χ1v) is 7.19. The zero-order valence-corrected chi connectivity index (χ0v) is 12.7.